The molecule has 0 spiro atoms. The molecule has 4 atom stereocenters. The van der Waals surface area contributed by atoms with Gasteiger partial charge in [-0.2, -0.15) is 0 Å². The van der Waals surface area contributed by atoms with Crippen LogP contribution in [0.1, 0.15) is 143 Å². The third-order valence-electron chi connectivity index (χ3n) is 7.40. The van der Waals surface area contributed by atoms with Crippen molar-refractivity contribution in [1.82, 2.24) is 0 Å². The summed E-state index contributed by atoms with van der Waals surface area (Å²) in [5, 5.41) is 0. The van der Waals surface area contributed by atoms with Crippen LogP contribution in [0.25, 0.3) is 0 Å². The Hall–Kier alpha value is 0. The standard InChI is InChI=1S/C26H52/c1-5-9-12-13-14-15-17-18-24-22-21-23(8-4)25(19-11-7-3)26(24)20-16-10-6-2/h23-26H,5-22H2,1-4H3. The van der Waals surface area contributed by atoms with Gasteiger partial charge in [-0.3, -0.25) is 0 Å². The van der Waals surface area contributed by atoms with Crippen molar-refractivity contribution in [3.63, 3.8) is 0 Å². The minimum absolute atomic E-state index is 1.04. The van der Waals surface area contributed by atoms with E-state index >= 15 is 0 Å². The van der Waals surface area contributed by atoms with Crippen LogP contribution in [0.3, 0.4) is 0 Å². The fourth-order valence-electron chi connectivity index (χ4n) is 5.75. The molecule has 0 aromatic heterocycles. The van der Waals surface area contributed by atoms with Crippen LogP contribution in [0.4, 0.5) is 0 Å². The molecule has 1 fully saturated rings. The first-order valence-electron chi connectivity index (χ1n) is 12.8. The lowest BCUT2D eigenvalue weighted by molar-refractivity contribution is 0.0623. The highest BCUT2D eigenvalue weighted by atomic mass is 14.4. The summed E-state index contributed by atoms with van der Waals surface area (Å²) in [6, 6.07) is 0. The van der Waals surface area contributed by atoms with Crippen molar-refractivity contribution < 1.29 is 0 Å². The zero-order valence-corrected chi connectivity index (χ0v) is 19.0. The van der Waals surface area contributed by atoms with Gasteiger partial charge in [0.15, 0.2) is 0 Å². The maximum atomic E-state index is 2.46. The lowest BCUT2D eigenvalue weighted by Crippen LogP contribution is -2.35. The van der Waals surface area contributed by atoms with E-state index in [9.17, 15) is 0 Å². The number of unbranched alkanes of at least 4 members (excludes halogenated alkanes) is 9. The van der Waals surface area contributed by atoms with Gasteiger partial charge in [0.2, 0.25) is 0 Å². The number of hydrogen-bond donors (Lipinski definition) is 0. The van der Waals surface area contributed by atoms with Crippen molar-refractivity contribution in [3.05, 3.63) is 0 Å². The number of rotatable bonds is 16. The molecule has 0 aromatic carbocycles. The van der Waals surface area contributed by atoms with Gasteiger partial charge >= 0.3 is 0 Å². The van der Waals surface area contributed by atoms with Gasteiger partial charge in [-0.05, 0) is 49.4 Å². The molecule has 1 saturated carbocycles. The molecule has 0 heteroatoms. The molecule has 1 aliphatic carbocycles. The molecule has 0 aliphatic heterocycles. The van der Waals surface area contributed by atoms with Gasteiger partial charge in [0.05, 0.1) is 0 Å². The Labute approximate surface area is 167 Å². The summed E-state index contributed by atoms with van der Waals surface area (Å²) >= 11 is 0. The van der Waals surface area contributed by atoms with Crippen LogP contribution in [0.15, 0.2) is 0 Å². The minimum Gasteiger partial charge on any atom is -0.0654 e. The van der Waals surface area contributed by atoms with Gasteiger partial charge in [0, 0.05) is 0 Å². The van der Waals surface area contributed by atoms with E-state index in [-0.39, 0.29) is 0 Å². The summed E-state index contributed by atoms with van der Waals surface area (Å²) in [5.41, 5.74) is 0. The van der Waals surface area contributed by atoms with Crippen LogP contribution in [0.2, 0.25) is 0 Å². The molecule has 4 unspecified atom stereocenters. The lowest BCUT2D eigenvalue weighted by Gasteiger charge is -2.44. The third-order valence-corrected chi connectivity index (χ3v) is 7.40. The van der Waals surface area contributed by atoms with Crippen molar-refractivity contribution in [1.29, 1.82) is 0 Å². The van der Waals surface area contributed by atoms with Gasteiger partial charge in [-0.15, -0.1) is 0 Å². The summed E-state index contributed by atoms with van der Waals surface area (Å²) in [6.07, 6.45) is 26.6. The van der Waals surface area contributed by atoms with Crippen LogP contribution >= 0.6 is 0 Å². The normalized spacial score (nSPS) is 26.3. The van der Waals surface area contributed by atoms with E-state index < -0.39 is 0 Å². The Morgan fingerprint density at radius 2 is 0.923 bits per heavy atom. The molecule has 26 heavy (non-hydrogen) atoms. The molecular weight excluding hydrogens is 312 g/mol. The topological polar surface area (TPSA) is 0 Å². The second kappa shape index (κ2) is 16.0. The van der Waals surface area contributed by atoms with Gasteiger partial charge in [-0.1, -0.05) is 118 Å². The van der Waals surface area contributed by atoms with Crippen LogP contribution in [-0.4, -0.2) is 0 Å². The quantitative estimate of drug-likeness (QED) is 0.239. The Bertz CT molecular complexity index is 294. The first kappa shape index (κ1) is 24.0. The Morgan fingerprint density at radius 3 is 1.58 bits per heavy atom. The van der Waals surface area contributed by atoms with Crippen LogP contribution in [0.5, 0.6) is 0 Å². The van der Waals surface area contributed by atoms with E-state index in [1.807, 2.05) is 0 Å². The molecule has 1 aliphatic rings. The van der Waals surface area contributed by atoms with Crippen LogP contribution in [0, 0.1) is 23.7 Å². The Morgan fingerprint density at radius 1 is 0.462 bits per heavy atom. The second-order valence-corrected chi connectivity index (χ2v) is 9.38. The highest BCUT2D eigenvalue weighted by Gasteiger charge is 2.37. The molecule has 0 saturated heterocycles. The summed E-state index contributed by atoms with van der Waals surface area (Å²) < 4.78 is 0. The van der Waals surface area contributed by atoms with Crippen molar-refractivity contribution in [2.75, 3.05) is 0 Å². The fraction of sp³-hybridized carbons (Fsp3) is 1.00. The molecule has 1 rings (SSSR count). The first-order valence-corrected chi connectivity index (χ1v) is 12.8. The summed E-state index contributed by atoms with van der Waals surface area (Å²) in [6.45, 7) is 9.52. The molecule has 156 valence electrons. The van der Waals surface area contributed by atoms with E-state index in [1.54, 1.807) is 19.3 Å². The zero-order chi connectivity index (χ0) is 19.0. The molecule has 0 aromatic rings. The Balaban J connectivity index is 2.50. The average Bonchev–Trinajstić information content (AvgIpc) is 2.66. The van der Waals surface area contributed by atoms with Crippen molar-refractivity contribution in [2.45, 2.75) is 143 Å². The maximum absolute atomic E-state index is 2.46. The zero-order valence-electron chi connectivity index (χ0n) is 19.0. The number of hydrogen-bond acceptors (Lipinski definition) is 0. The van der Waals surface area contributed by atoms with E-state index in [2.05, 4.69) is 27.7 Å². The summed E-state index contributed by atoms with van der Waals surface area (Å²) in [7, 11) is 0. The minimum atomic E-state index is 1.04. The van der Waals surface area contributed by atoms with E-state index in [0.29, 0.717) is 0 Å². The molecule has 0 heterocycles. The summed E-state index contributed by atoms with van der Waals surface area (Å²) in [5.74, 6) is 4.22. The van der Waals surface area contributed by atoms with Crippen LogP contribution < -0.4 is 0 Å². The smallest absolute Gasteiger partial charge is 0.0355 e. The van der Waals surface area contributed by atoms with Gasteiger partial charge in [0.1, 0.15) is 0 Å². The van der Waals surface area contributed by atoms with E-state index in [0.717, 1.165) is 23.7 Å². The molecular formula is C26H52. The van der Waals surface area contributed by atoms with Gasteiger partial charge < -0.3 is 0 Å². The van der Waals surface area contributed by atoms with Gasteiger partial charge in [0.25, 0.3) is 0 Å². The largest absolute Gasteiger partial charge is 0.0654 e. The lowest BCUT2D eigenvalue weighted by atomic mass is 9.61. The predicted octanol–water partition coefficient (Wildman–Crippen LogP) is 9.57. The molecule has 0 nitrogen and oxygen atoms in total. The van der Waals surface area contributed by atoms with Crippen LogP contribution in [-0.2, 0) is 0 Å². The summed E-state index contributed by atoms with van der Waals surface area (Å²) in [4.78, 5) is 0. The molecule has 0 bridgehead atoms. The third kappa shape index (κ3) is 9.27. The molecule has 0 radical (unpaired) electrons. The first-order chi connectivity index (χ1) is 12.8. The molecule has 0 N–H and O–H groups in total. The van der Waals surface area contributed by atoms with Crippen molar-refractivity contribution >= 4 is 0 Å². The average molecular weight is 365 g/mol. The molecule has 0 amide bonds. The highest BCUT2D eigenvalue weighted by molar-refractivity contribution is 4.87. The SMILES string of the molecule is CCCCCCCCCC1CCC(CC)C(CCCC)C1CCCCC. The predicted molar refractivity (Wildman–Crippen MR) is 120 cm³/mol. The van der Waals surface area contributed by atoms with E-state index in [4.69, 9.17) is 0 Å². The van der Waals surface area contributed by atoms with Crippen molar-refractivity contribution in [3.8, 4) is 0 Å². The van der Waals surface area contributed by atoms with Crippen molar-refractivity contribution in [2.24, 2.45) is 23.7 Å². The highest BCUT2D eigenvalue weighted by Crippen LogP contribution is 2.47. The Kier molecular flexibility index (Phi) is 14.8. The second-order valence-electron chi connectivity index (χ2n) is 9.38. The monoisotopic (exact) mass is 364 g/mol. The fourth-order valence-corrected chi connectivity index (χ4v) is 5.75. The maximum Gasteiger partial charge on any atom is -0.0355 e. The van der Waals surface area contributed by atoms with E-state index in [1.165, 1.54) is 96.3 Å². The van der Waals surface area contributed by atoms with Gasteiger partial charge in [-0.25, -0.2) is 0 Å².